The molecule has 0 unspecified atom stereocenters. The smallest absolute Gasteiger partial charge is 0.269 e. The van der Waals surface area contributed by atoms with Gasteiger partial charge in [-0.1, -0.05) is 18.5 Å². The van der Waals surface area contributed by atoms with Gasteiger partial charge in [0.2, 0.25) is 0 Å². The number of methoxy groups -OCH3 is 1. The second kappa shape index (κ2) is 11.2. The molecule has 0 spiro atoms. The fourth-order valence-electron chi connectivity index (χ4n) is 5.96. The standard InChI is InChI=1S/C30H31ClN2O6/c1-3-14-32-22-6-4-8-24(34)28(22)27(29-23(32)7-5-9-25(29)35)19-15-21(31)30(26(16-19)38-2)39-17-18-10-12-20(13-11-18)33(36)37/h10-13,15-16,27H,3-9,14,17H2,1-2H3. The van der Waals surface area contributed by atoms with Crippen molar-refractivity contribution in [2.75, 3.05) is 13.7 Å². The maximum Gasteiger partial charge on any atom is 0.269 e. The topological polar surface area (TPSA) is 99.0 Å². The quantitative estimate of drug-likeness (QED) is 0.267. The van der Waals surface area contributed by atoms with Crippen LogP contribution in [0.4, 0.5) is 5.69 Å². The zero-order valence-electron chi connectivity index (χ0n) is 22.1. The average molecular weight is 551 g/mol. The zero-order valence-corrected chi connectivity index (χ0v) is 22.9. The molecule has 2 aliphatic carbocycles. The third kappa shape index (κ3) is 5.05. The second-order valence-corrected chi connectivity index (χ2v) is 10.5. The third-order valence-electron chi connectivity index (χ3n) is 7.65. The van der Waals surface area contributed by atoms with Crippen molar-refractivity contribution in [3.8, 4) is 11.5 Å². The highest BCUT2D eigenvalue weighted by Crippen LogP contribution is 2.51. The Balaban J connectivity index is 1.55. The van der Waals surface area contributed by atoms with Crippen molar-refractivity contribution in [2.24, 2.45) is 0 Å². The molecule has 0 saturated carbocycles. The van der Waals surface area contributed by atoms with Gasteiger partial charge >= 0.3 is 0 Å². The van der Waals surface area contributed by atoms with Crippen molar-refractivity contribution >= 4 is 28.9 Å². The van der Waals surface area contributed by atoms with Gasteiger partial charge in [0, 0.05) is 60.0 Å². The fraction of sp³-hybridized carbons (Fsp3) is 0.400. The number of nitrogens with zero attached hydrogens (tertiary/aromatic N) is 2. The second-order valence-electron chi connectivity index (χ2n) is 10.1. The summed E-state index contributed by atoms with van der Waals surface area (Å²) in [6.07, 6.45) is 5.08. The van der Waals surface area contributed by atoms with E-state index in [0.717, 1.165) is 61.2 Å². The maximum atomic E-state index is 13.4. The maximum absolute atomic E-state index is 13.4. The molecule has 8 nitrogen and oxygen atoms in total. The Morgan fingerprint density at radius 1 is 1.00 bits per heavy atom. The molecule has 0 atom stereocenters. The highest BCUT2D eigenvalue weighted by Gasteiger charge is 2.43. The van der Waals surface area contributed by atoms with Gasteiger partial charge in [-0.05, 0) is 67.5 Å². The van der Waals surface area contributed by atoms with Gasteiger partial charge in [-0.3, -0.25) is 19.7 Å². The van der Waals surface area contributed by atoms with E-state index in [2.05, 4.69) is 11.8 Å². The Morgan fingerprint density at radius 2 is 1.62 bits per heavy atom. The molecule has 5 rings (SSSR count). The van der Waals surface area contributed by atoms with Crippen LogP contribution < -0.4 is 9.47 Å². The predicted molar refractivity (Wildman–Crippen MR) is 147 cm³/mol. The Bertz CT molecular complexity index is 1350. The summed E-state index contributed by atoms with van der Waals surface area (Å²) in [4.78, 5) is 39.6. The molecule has 9 heteroatoms. The number of ether oxygens (including phenoxy) is 2. The first-order chi connectivity index (χ1) is 18.8. The van der Waals surface area contributed by atoms with Gasteiger partial charge in [0.1, 0.15) is 6.61 Å². The van der Waals surface area contributed by atoms with E-state index in [4.69, 9.17) is 21.1 Å². The molecule has 0 amide bonds. The van der Waals surface area contributed by atoms with E-state index in [9.17, 15) is 19.7 Å². The number of nitro groups is 1. The molecule has 0 N–H and O–H groups in total. The minimum absolute atomic E-state index is 0.000526. The molecule has 0 bridgehead atoms. The minimum Gasteiger partial charge on any atom is -0.493 e. The van der Waals surface area contributed by atoms with Crippen molar-refractivity contribution in [2.45, 2.75) is 64.4 Å². The highest BCUT2D eigenvalue weighted by molar-refractivity contribution is 6.32. The lowest BCUT2D eigenvalue weighted by Crippen LogP contribution is -2.39. The molecule has 0 radical (unpaired) electrons. The van der Waals surface area contributed by atoms with Gasteiger partial charge in [-0.2, -0.15) is 0 Å². The molecule has 2 aromatic carbocycles. The summed E-state index contributed by atoms with van der Waals surface area (Å²) in [6.45, 7) is 3.02. The number of benzene rings is 2. The van der Waals surface area contributed by atoms with Gasteiger partial charge < -0.3 is 14.4 Å². The summed E-state index contributed by atoms with van der Waals surface area (Å²) < 4.78 is 11.7. The van der Waals surface area contributed by atoms with Gasteiger partial charge in [-0.15, -0.1) is 0 Å². The van der Waals surface area contributed by atoms with Gasteiger partial charge in [0.25, 0.3) is 5.69 Å². The number of hydrogen-bond donors (Lipinski definition) is 0. The molecule has 39 heavy (non-hydrogen) atoms. The van der Waals surface area contributed by atoms with E-state index >= 15 is 0 Å². The van der Waals surface area contributed by atoms with Crippen LogP contribution in [0.1, 0.15) is 68.9 Å². The number of non-ortho nitro benzene ring substituents is 1. The summed E-state index contributed by atoms with van der Waals surface area (Å²) in [5.41, 5.74) is 4.97. The Hall–Kier alpha value is -3.65. The van der Waals surface area contributed by atoms with Crippen LogP contribution >= 0.6 is 11.6 Å². The van der Waals surface area contributed by atoms with Crippen molar-refractivity contribution in [3.63, 3.8) is 0 Å². The monoisotopic (exact) mass is 550 g/mol. The number of hydrogen-bond acceptors (Lipinski definition) is 7. The van der Waals surface area contributed by atoms with Crippen LogP contribution in [-0.2, 0) is 16.2 Å². The average Bonchev–Trinajstić information content (AvgIpc) is 2.93. The summed E-state index contributed by atoms with van der Waals surface area (Å²) in [7, 11) is 1.52. The number of carbonyl (C=O) groups excluding carboxylic acids is 2. The molecule has 0 saturated heterocycles. The molecule has 2 aromatic rings. The number of Topliss-reactive ketones (excluding diaryl/α,β-unsaturated/α-hetero) is 2. The lowest BCUT2D eigenvalue weighted by atomic mass is 9.71. The van der Waals surface area contributed by atoms with Crippen molar-refractivity contribution in [1.29, 1.82) is 0 Å². The normalized spacial score (nSPS) is 17.8. The number of allylic oxidation sites excluding steroid dienone is 4. The summed E-state index contributed by atoms with van der Waals surface area (Å²) >= 11 is 6.76. The lowest BCUT2D eigenvalue weighted by molar-refractivity contribution is -0.384. The Morgan fingerprint density at radius 3 is 2.15 bits per heavy atom. The number of nitro benzene ring substituents is 1. The van der Waals surface area contributed by atoms with E-state index in [-0.39, 0.29) is 23.9 Å². The van der Waals surface area contributed by atoms with E-state index in [0.29, 0.717) is 40.5 Å². The molecular formula is C30H31ClN2O6. The summed E-state index contributed by atoms with van der Waals surface area (Å²) in [5.74, 6) is 0.407. The zero-order chi connectivity index (χ0) is 27.7. The van der Waals surface area contributed by atoms with Crippen LogP contribution in [0.5, 0.6) is 11.5 Å². The number of ketones is 2. The van der Waals surface area contributed by atoms with Crippen LogP contribution in [0.2, 0.25) is 5.02 Å². The van der Waals surface area contributed by atoms with Gasteiger partial charge in [0.05, 0.1) is 17.1 Å². The number of rotatable bonds is 8. The third-order valence-corrected chi connectivity index (χ3v) is 7.93. The first-order valence-electron chi connectivity index (χ1n) is 13.4. The lowest BCUT2D eigenvalue weighted by Gasteiger charge is -2.44. The minimum atomic E-state index is -0.487. The first-order valence-corrected chi connectivity index (χ1v) is 13.7. The first kappa shape index (κ1) is 26.9. The molecule has 0 aromatic heterocycles. The van der Waals surface area contributed by atoms with Crippen molar-refractivity contribution in [1.82, 2.24) is 4.90 Å². The van der Waals surface area contributed by atoms with Crippen molar-refractivity contribution < 1.29 is 24.0 Å². The summed E-state index contributed by atoms with van der Waals surface area (Å²) in [6, 6.07) is 9.68. The molecule has 3 aliphatic rings. The molecule has 1 aliphatic heterocycles. The molecular weight excluding hydrogens is 520 g/mol. The SMILES string of the molecule is CCCN1C2=C(C(=O)CCC2)C(c2cc(Cl)c(OCc3ccc([N+](=O)[O-])cc3)c(OC)c2)C2=C1CCCC2=O. The largest absolute Gasteiger partial charge is 0.493 e. The van der Waals surface area contributed by atoms with E-state index in [1.807, 2.05) is 6.07 Å². The Kier molecular flexibility index (Phi) is 7.75. The highest BCUT2D eigenvalue weighted by atomic mass is 35.5. The van der Waals surface area contributed by atoms with E-state index in [1.54, 1.807) is 18.2 Å². The fourth-order valence-corrected chi connectivity index (χ4v) is 6.23. The van der Waals surface area contributed by atoms with Crippen LogP contribution in [-0.4, -0.2) is 35.0 Å². The number of halogens is 1. The van der Waals surface area contributed by atoms with Gasteiger partial charge in [0.15, 0.2) is 23.1 Å². The predicted octanol–water partition coefficient (Wildman–Crippen LogP) is 6.66. The van der Waals surface area contributed by atoms with Crippen LogP contribution in [0.25, 0.3) is 0 Å². The molecule has 0 fully saturated rings. The van der Waals surface area contributed by atoms with Crippen LogP contribution in [0.3, 0.4) is 0 Å². The Labute approximate surface area is 232 Å². The van der Waals surface area contributed by atoms with Crippen LogP contribution in [0.15, 0.2) is 58.9 Å². The van der Waals surface area contributed by atoms with Crippen molar-refractivity contribution in [3.05, 3.63) is 85.2 Å². The van der Waals surface area contributed by atoms with Gasteiger partial charge in [-0.25, -0.2) is 0 Å². The summed E-state index contributed by atoms with van der Waals surface area (Å²) in [5, 5.41) is 11.2. The number of carbonyl (C=O) groups is 2. The van der Waals surface area contributed by atoms with E-state index in [1.165, 1.54) is 19.2 Å². The molecule has 204 valence electrons. The molecule has 1 heterocycles. The van der Waals surface area contributed by atoms with E-state index < -0.39 is 10.8 Å². The van der Waals surface area contributed by atoms with Crippen LogP contribution in [0, 0.1) is 10.1 Å².